The second kappa shape index (κ2) is 5.61. The SMILES string of the molecule is COc1nc(N)nc2c1C(c1ccn3nccc3c1)=C[C@@H](C)NC2. The van der Waals surface area contributed by atoms with E-state index < -0.39 is 0 Å². The molecule has 0 spiro atoms. The van der Waals surface area contributed by atoms with Crippen molar-refractivity contribution >= 4 is 17.0 Å². The van der Waals surface area contributed by atoms with Crippen LogP contribution in [0.2, 0.25) is 0 Å². The summed E-state index contributed by atoms with van der Waals surface area (Å²) >= 11 is 0. The highest BCUT2D eigenvalue weighted by Gasteiger charge is 2.23. The number of nitrogens with one attached hydrogen (secondary N) is 1. The molecular formula is C17H18N6O. The van der Waals surface area contributed by atoms with Crippen molar-refractivity contribution in [1.82, 2.24) is 24.9 Å². The normalized spacial score (nSPS) is 17.2. The first-order chi connectivity index (χ1) is 11.7. The summed E-state index contributed by atoms with van der Waals surface area (Å²) in [5, 5.41) is 7.66. The van der Waals surface area contributed by atoms with Gasteiger partial charge in [0.1, 0.15) is 0 Å². The van der Waals surface area contributed by atoms with Gasteiger partial charge in [0, 0.05) is 25.0 Å². The maximum atomic E-state index is 5.83. The number of methoxy groups -OCH3 is 1. The van der Waals surface area contributed by atoms with Crippen molar-refractivity contribution in [3.05, 3.63) is 53.5 Å². The fraction of sp³-hybridized carbons (Fsp3) is 0.235. The van der Waals surface area contributed by atoms with Crippen LogP contribution < -0.4 is 15.8 Å². The highest BCUT2D eigenvalue weighted by atomic mass is 16.5. The first kappa shape index (κ1) is 14.6. The molecule has 1 atom stereocenters. The second-order valence-corrected chi connectivity index (χ2v) is 5.78. The lowest BCUT2D eigenvalue weighted by Crippen LogP contribution is -2.22. The number of hydrogen-bond acceptors (Lipinski definition) is 6. The number of ether oxygens (including phenoxy) is 1. The molecule has 0 saturated carbocycles. The molecule has 0 radical (unpaired) electrons. The molecule has 4 rings (SSSR count). The van der Waals surface area contributed by atoms with Crippen molar-refractivity contribution in [3.63, 3.8) is 0 Å². The van der Waals surface area contributed by atoms with Crippen LogP contribution in [0.25, 0.3) is 11.1 Å². The van der Waals surface area contributed by atoms with E-state index in [1.165, 1.54) is 0 Å². The number of nitrogen functional groups attached to an aromatic ring is 1. The summed E-state index contributed by atoms with van der Waals surface area (Å²) in [7, 11) is 1.60. The van der Waals surface area contributed by atoms with E-state index in [2.05, 4.69) is 39.4 Å². The van der Waals surface area contributed by atoms with Gasteiger partial charge in [0.2, 0.25) is 11.8 Å². The van der Waals surface area contributed by atoms with Crippen molar-refractivity contribution < 1.29 is 4.74 Å². The van der Waals surface area contributed by atoms with Gasteiger partial charge < -0.3 is 15.8 Å². The number of pyridine rings is 1. The molecule has 0 unspecified atom stereocenters. The predicted molar refractivity (Wildman–Crippen MR) is 91.6 cm³/mol. The van der Waals surface area contributed by atoms with Gasteiger partial charge in [-0.25, -0.2) is 9.50 Å². The Morgan fingerprint density at radius 1 is 1.33 bits per heavy atom. The van der Waals surface area contributed by atoms with Crippen molar-refractivity contribution in [2.75, 3.05) is 12.8 Å². The highest BCUT2D eigenvalue weighted by Crippen LogP contribution is 2.34. The Balaban J connectivity index is 1.96. The van der Waals surface area contributed by atoms with E-state index in [1.54, 1.807) is 13.3 Å². The second-order valence-electron chi connectivity index (χ2n) is 5.78. The summed E-state index contributed by atoms with van der Waals surface area (Å²) < 4.78 is 7.32. The van der Waals surface area contributed by atoms with Crippen molar-refractivity contribution in [2.45, 2.75) is 19.5 Å². The summed E-state index contributed by atoms with van der Waals surface area (Å²) in [6.45, 7) is 2.71. The van der Waals surface area contributed by atoms with E-state index in [0.29, 0.717) is 12.4 Å². The Morgan fingerprint density at radius 3 is 3.04 bits per heavy atom. The monoisotopic (exact) mass is 322 g/mol. The zero-order valence-corrected chi connectivity index (χ0v) is 13.5. The third kappa shape index (κ3) is 2.39. The van der Waals surface area contributed by atoms with Gasteiger partial charge in [-0.1, -0.05) is 6.08 Å². The van der Waals surface area contributed by atoms with E-state index in [4.69, 9.17) is 10.5 Å². The zero-order chi connectivity index (χ0) is 16.7. The van der Waals surface area contributed by atoms with Crippen LogP contribution in [0.4, 0.5) is 5.95 Å². The molecule has 122 valence electrons. The number of nitrogens with zero attached hydrogens (tertiary/aromatic N) is 4. The van der Waals surface area contributed by atoms with E-state index >= 15 is 0 Å². The molecule has 1 aliphatic heterocycles. The number of anilines is 1. The number of aromatic nitrogens is 4. The fourth-order valence-corrected chi connectivity index (χ4v) is 3.03. The van der Waals surface area contributed by atoms with Gasteiger partial charge in [0.25, 0.3) is 0 Å². The van der Waals surface area contributed by atoms with Gasteiger partial charge in [0.05, 0.1) is 23.9 Å². The van der Waals surface area contributed by atoms with Crippen LogP contribution in [0, 0.1) is 0 Å². The molecule has 3 N–H and O–H groups in total. The van der Waals surface area contributed by atoms with Crippen LogP contribution in [0.3, 0.4) is 0 Å². The summed E-state index contributed by atoms with van der Waals surface area (Å²) in [5.74, 6) is 0.709. The maximum absolute atomic E-state index is 5.83. The molecule has 0 amide bonds. The predicted octanol–water partition coefficient (Wildman–Crippen LogP) is 1.64. The Hall–Kier alpha value is -2.93. The fourth-order valence-electron chi connectivity index (χ4n) is 3.03. The molecular weight excluding hydrogens is 304 g/mol. The van der Waals surface area contributed by atoms with Gasteiger partial charge >= 0.3 is 0 Å². The van der Waals surface area contributed by atoms with E-state index in [-0.39, 0.29) is 12.0 Å². The van der Waals surface area contributed by atoms with Crippen LogP contribution in [-0.2, 0) is 6.54 Å². The lowest BCUT2D eigenvalue weighted by Gasteiger charge is -2.14. The Kier molecular flexibility index (Phi) is 3.42. The average molecular weight is 322 g/mol. The lowest BCUT2D eigenvalue weighted by molar-refractivity contribution is 0.395. The van der Waals surface area contributed by atoms with E-state index in [0.717, 1.165) is 27.9 Å². The van der Waals surface area contributed by atoms with Crippen LogP contribution in [-0.4, -0.2) is 32.7 Å². The Labute approximate surface area is 139 Å². The van der Waals surface area contributed by atoms with E-state index in [9.17, 15) is 0 Å². The van der Waals surface area contributed by atoms with Crippen molar-refractivity contribution in [1.29, 1.82) is 0 Å². The third-order valence-corrected chi connectivity index (χ3v) is 4.15. The minimum atomic E-state index is 0.182. The average Bonchev–Trinajstić information content (AvgIpc) is 2.98. The molecule has 4 heterocycles. The lowest BCUT2D eigenvalue weighted by atomic mass is 9.97. The largest absolute Gasteiger partial charge is 0.480 e. The molecule has 1 aliphatic rings. The standard InChI is InChI=1S/C17H18N6O/c1-10-7-13(11-4-6-23-12(8-11)3-5-20-23)15-14(9-19-10)21-17(18)22-16(15)24-2/h3-8,10,19H,9H2,1-2H3,(H2,18,21,22)/t10-/m1/s1. The molecule has 24 heavy (non-hydrogen) atoms. The number of hydrogen-bond donors (Lipinski definition) is 2. The summed E-state index contributed by atoms with van der Waals surface area (Å²) in [6.07, 6.45) is 5.89. The maximum Gasteiger partial charge on any atom is 0.226 e. The Bertz CT molecular complexity index is 945. The van der Waals surface area contributed by atoms with E-state index in [1.807, 2.05) is 22.8 Å². The molecule has 0 fully saturated rings. The van der Waals surface area contributed by atoms with Crippen LogP contribution in [0.1, 0.15) is 23.7 Å². The van der Waals surface area contributed by atoms with Crippen LogP contribution in [0.5, 0.6) is 5.88 Å². The quantitative estimate of drug-likeness (QED) is 0.745. The molecule has 0 aliphatic carbocycles. The van der Waals surface area contributed by atoms with Crippen LogP contribution in [0.15, 0.2) is 36.7 Å². The summed E-state index contributed by atoms with van der Waals surface area (Å²) in [6, 6.07) is 6.28. The summed E-state index contributed by atoms with van der Waals surface area (Å²) in [5.41, 5.74) is 10.7. The number of rotatable bonds is 2. The number of fused-ring (bicyclic) bond motifs is 2. The topological polar surface area (TPSA) is 90.4 Å². The minimum Gasteiger partial charge on any atom is -0.480 e. The summed E-state index contributed by atoms with van der Waals surface area (Å²) in [4.78, 5) is 8.67. The molecule has 3 aromatic heterocycles. The smallest absolute Gasteiger partial charge is 0.226 e. The molecule has 3 aromatic rings. The first-order valence-corrected chi connectivity index (χ1v) is 7.75. The number of nitrogens with two attached hydrogens (primary N) is 1. The van der Waals surface area contributed by atoms with Gasteiger partial charge in [-0.05, 0) is 36.3 Å². The third-order valence-electron chi connectivity index (χ3n) is 4.15. The van der Waals surface area contributed by atoms with Gasteiger partial charge in [-0.15, -0.1) is 0 Å². The van der Waals surface area contributed by atoms with Crippen LogP contribution >= 0.6 is 0 Å². The Morgan fingerprint density at radius 2 is 2.21 bits per heavy atom. The molecule has 0 saturated heterocycles. The minimum absolute atomic E-state index is 0.182. The van der Waals surface area contributed by atoms with Gasteiger partial charge in [-0.3, -0.25) is 0 Å². The molecule has 0 aromatic carbocycles. The molecule has 7 nitrogen and oxygen atoms in total. The first-order valence-electron chi connectivity index (χ1n) is 7.75. The van der Waals surface area contributed by atoms with Gasteiger partial charge in [0.15, 0.2) is 0 Å². The van der Waals surface area contributed by atoms with Crippen molar-refractivity contribution in [2.24, 2.45) is 0 Å². The van der Waals surface area contributed by atoms with Gasteiger partial charge in [-0.2, -0.15) is 10.1 Å². The zero-order valence-electron chi connectivity index (χ0n) is 13.5. The highest BCUT2D eigenvalue weighted by molar-refractivity contribution is 5.85. The molecule has 0 bridgehead atoms. The van der Waals surface area contributed by atoms with Crippen molar-refractivity contribution in [3.8, 4) is 5.88 Å². The molecule has 7 heteroatoms.